The number of nitrogens with zero attached hydrogens (tertiary/aromatic N) is 3. The second-order valence-electron chi connectivity index (χ2n) is 5.96. The van der Waals surface area contributed by atoms with Gasteiger partial charge in [-0.2, -0.15) is 0 Å². The quantitative estimate of drug-likeness (QED) is 0.254. The number of H-pyrrole nitrogens is 1. The Morgan fingerprint density at radius 2 is 1.86 bits per heavy atom. The largest absolute Gasteiger partial charge is 0.459 e. The minimum absolute atomic E-state index is 0.0946. The van der Waals surface area contributed by atoms with Gasteiger partial charge in [-0.3, -0.25) is 4.79 Å². The zero-order valence-corrected chi connectivity index (χ0v) is 17.1. The topological polar surface area (TPSA) is 97.4 Å². The molecule has 0 spiro atoms. The number of carbonyl (C=O) groups is 2. The van der Waals surface area contributed by atoms with Crippen LogP contribution in [0.2, 0.25) is 0 Å². The smallest absolute Gasteiger partial charge is 0.434 e. The van der Waals surface area contributed by atoms with Gasteiger partial charge in [0.25, 0.3) is 0 Å². The fourth-order valence-corrected chi connectivity index (χ4v) is 2.81. The highest BCUT2D eigenvalue weighted by Gasteiger charge is 2.31. The molecule has 1 aromatic heterocycles. The summed E-state index contributed by atoms with van der Waals surface area (Å²) in [6, 6.07) is 15.9. The number of rotatable bonds is 7. The highest BCUT2D eigenvalue weighted by atomic mass is 79.9. The first-order valence-electron chi connectivity index (χ1n) is 8.79. The molecule has 0 fully saturated rings. The molecule has 0 atom stereocenters. The van der Waals surface area contributed by atoms with Crippen LogP contribution in [-0.2, 0) is 11.3 Å². The van der Waals surface area contributed by atoms with Crippen molar-refractivity contribution in [1.29, 1.82) is 0 Å². The standard InChI is InChI=1S/C20H17BrN4O4/c1-2-29-20(28)18-19(27)25(22-12-14-6-4-3-5-7-14)23-24(18)13-17(26)15-8-10-16(21)11-9-15/h3-12H,2,13H2,1H3/p+1/b22-12+. The predicted molar refractivity (Wildman–Crippen MR) is 109 cm³/mol. The number of Topliss-reactive ketones (excluding diaryl/α,β-unsaturated/α-hetero) is 1. The summed E-state index contributed by atoms with van der Waals surface area (Å²) in [5.74, 6) is -1.11. The van der Waals surface area contributed by atoms with Crippen LogP contribution in [0.4, 0.5) is 0 Å². The van der Waals surface area contributed by atoms with Crippen molar-refractivity contribution in [3.8, 4) is 0 Å². The van der Waals surface area contributed by atoms with Crippen molar-refractivity contribution in [1.82, 2.24) is 10.0 Å². The van der Waals surface area contributed by atoms with E-state index in [1.807, 2.05) is 30.3 Å². The summed E-state index contributed by atoms with van der Waals surface area (Å²) < 4.78 is 6.95. The molecule has 29 heavy (non-hydrogen) atoms. The number of carbonyl (C=O) groups excluding carboxylic acids is 2. The SMILES string of the molecule is CCOC(=O)c1c(=O)n(/N=C/c2ccccc2)[nH][n+]1CC(=O)c1ccc(Br)cc1. The number of benzene rings is 2. The number of aromatic nitrogens is 3. The highest BCUT2D eigenvalue weighted by Crippen LogP contribution is 2.11. The van der Waals surface area contributed by atoms with Crippen LogP contribution in [0.5, 0.6) is 0 Å². The lowest BCUT2D eigenvalue weighted by Crippen LogP contribution is -2.46. The van der Waals surface area contributed by atoms with E-state index < -0.39 is 11.5 Å². The van der Waals surface area contributed by atoms with Gasteiger partial charge in [0.1, 0.15) is 0 Å². The minimum Gasteiger partial charge on any atom is -0.459 e. The Morgan fingerprint density at radius 3 is 2.52 bits per heavy atom. The van der Waals surface area contributed by atoms with Crippen LogP contribution in [0.25, 0.3) is 0 Å². The van der Waals surface area contributed by atoms with Gasteiger partial charge in [0.2, 0.25) is 5.78 Å². The summed E-state index contributed by atoms with van der Waals surface area (Å²) in [5.41, 5.74) is 0.197. The highest BCUT2D eigenvalue weighted by molar-refractivity contribution is 9.10. The average molecular weight is 458 g/mol. The predicted octanol–water partition coefficient (Wildman–Crippen LogP) is 2.17. The number of aromatic amines is 1. The van der Waals surface area contributed by atoms with Crippen molar-refractivity contribution < 1.29 is 19.0 Å². The van der Waals surface area contributed by atoms with Crippen molar-refractivity contribution in [3.05, 3.63) is 86.2 Å². The molecule has 0 aliphatic rings. The van der Waals surface area contributed by atoms with Gasteiger partial charge >= 0.3 is 17.2 Å². The van der Waals surface area contributed by atoms with Gasteiger partial charge in [-0.05, 0) is 24.6 Å². The van der Waals surface area contributed by atoms with E-state index in [1.54, 1.807) is 31.2 Å². The lowest BCUT2D eigenvalue weighted by Gasteiger charge is -2.01. The molecule has 148 valence electrons. The normalized spacial score (nSPS) is 11.0. The second-order valence-corrected chi connectivity index (χ2v) is 6.87. The Bertz CT molecular complexity index is 1100. The third kappa shape index (κ3) is 4.94. The lowest BCUT2D eigenvalue weighted by molar-refractivity contribution is -0.744. The van der Waals surface area contributed by atoms with Crippen LogP contribution < -0.4 is 10.2 Å². The van der Waals surface area contributed by atoms with Crippen LogP contribution >= 0.6 is 15.9 Å². The minimum atomic E-state index is -0.828. The maximum absolute atomic E-state index is 12.7. The summed E-state index contributed by atoms with van der Waals surface area (Å²) in [6.07, 6.45) is 1.47. The van der Waals surface area contributed by atoms with Crippen LogP contribution in [0.1, 0.15) is 33.3 Å². The molecule has 1 heterocycles. The summed E-state index contributed by atoms with van der Waals surface area (Å²) >= 11 is 3.31. The van der Waals surface area contributed by atoms with E-state index >= 15 is 0 Å². The first kappa shape index (κ1) is 20.4. The second kappa shape index (κ2) is 9.24. The molecule has 0 saturated carbocycles. The Hall–Kier alpha value is -3.33. The average Bonchev–Trinajstić information content (AvgIpc) is 3.02. The van der Waals surface area contributed by atoms with Gasteiger partial charge < -0.3 is 4.74 Å². The first-order valence-corrected chi connectivity index (χ1v) is 9.59. The molecule has 0 amide bonds. The van der Waals surface area contributed by atoms with E-state index in [4.69, 9.17) is 4.74 Å². The fourth-order valence-electron chi connectivity index (χ4n) is 2.55. The molecule has 0 bridgehead atoms. The Morgan fingerprint density at radius 1 is 1.17 bits per heavy atom. The fraction of sp³-hybridized carbons (Fsp3) is 0.150. The van der Waals surface area contributed by atoms with Gasteiger partial charge in [0, 0.05) is 14.8 Å². The van der Waals surface area contributed by atoms with Gasteiger partial charge in [-0.1, -0.05) is 68.7 Å². The van der Waals surface area contributed by atoms with E-state index in [2.05, 4.69) is 26.2 Å². The molecule has 9 heteroatoms. The number of esters is 1. The maximum Gasteiger partial charge on any atom is 0.434 e. The van der Waals surface area contributed by atoms with Crippen molar-refractivity contribution in [2.24, 2.45) is 5.10 Å². The zero-order valence-electron chi connectivity index (χ0n) is 15.5. The molecular formula is C20H18BrN4O4+. The molecular weight excluding hydrogens is 440 g/mol. The van der Waals surface area contributed by atoms with Crippen molar-refractivity contribution >= 4 is 33.9 Å². The summed E-state index contributed by atoms with van der Waals surface area (Å²) in [4.78, 5) is 38.5. The van der Waals surface area contributed by atoms with Crippen LogP contribution in [-0.4, -0.2) is 34.6 Å². The first-order chi connectivity index (χ1) is 14.0. The molecule has 1 N–H and O–H groups in total. The van der Waals surface area contributed by atoms with Crippen LogP contribution in [0, 0.1) is 0 Å². The van der Waals surface area contributed by atoms with Crippen molar-refractivity contribution in [2.75, 3.05) is 6.61 Å². The van der Waals surface area contributed by atoms with Crippen LogP contribution in [0.15, 0.2) is 69.0 Å². The number of halogens is 1. The van der Waals surface area contributed by atoms with Gasteiger partial charge in [-0.15, -0.1) is 4.68 Å². The summed E-state index contributed by atoms with van der Waals surface area (Å²) in [5, 5.41) is 6.73. The molecule has 3 rings (SSSR count). The number of ketones is 1. The summed E-state index contributed by atoms with van der Waals surface area (Å²) in [7, 11) is 0. The van der Waals surface area contributed by atoms with E-state index in [0.717, 1.165) is 19.5 Å². The Balaban J connectivity index is 1.95. The van der Waals surface area contributed by atoms with E-state index in [0.29, 0.717) is 5.56 Å². The number of ether oxygens (including phenoxy) is 1. The Labute approximate surface area is 174 Å². The van der Waals surface area contributed by atoms with Gasteiger partial charge in [0.15, 0.2) is 6.54 Å². The molecule has 0 unspecified atom stereocenters. The van der Waals surface area contributed by atoms with Crippen molar-refractivity contribution in [3.63, 3.8) is 0 Å². The zero-order chi connectivity index (χ0) is 20.8. The molecule has 8 nitrogen and oxygen atoms in total. The lowest BCUT2D eigenvalue weighted by atomic mass is 10.1. The molecule has 3 aromatic rings. The van der Waals surface area contributed by atoms with Gasteiger partial charge in [0.05, 0.1) is 12.8 Å². The molecule has 0 aliphatic heterocycles. The maximum atomic E-state index is 12.7. The molecule has 0 aliphatic carbocycles. The summed E-state index contributed by atoms with van der Waals surface area (Å²) in [6.45, 7) is 1.48. The number of hydrogen-bond acceptors (Lipinski definition) is 5. The van der Waals surface area contributed by atoms with E-state index in [1.165, 1.54) is 6.21 Å². The van der Waals surface area contributed by atoms with Crippen molar-refractivity contribution in [2.45, 2.75) is 13.5 Å². The Kier molecular flexibility index (Phi) is 6.50. The molecule has 0 radical (unpaired) electrons. The third-order valence-electron chi connectivity index (χ3n) is 3.94. The number of nitrogens with one attached hydrogen (secondary N) is 1. The number of hydrogen-bond donors (Lipinski definition) is 1. The monoisotopic (exact) mass is 457 g/mol. The van der Waals surface area contributed by atoms with Crippen LogP contribution in [0.3, 0.4) is 0 Å². The third-order valence-corrected chi connectivity index (χ3v) is 4.47. The van der Waals surface area contributed by atoms with E-state index in [9.17, 15) is 14.4 Å². The van der Waals surface area contributed by atoms with Gasteiger partial charge in [-0.25, -0.2) is 9.59 Å². The van der Waals surface area contributed by atoms with E-state index in [-0.39, 0.29) is 24.6 Å². The molecule has 2 aromatic carbocycles. The molecule has 0 saturated heterocycles.